The van der Waals surface area contributed by atoms with Crippen LogP contribution in [0.4, 0.5) is 5.69 Å². The normalized spacial score (nSPS) is 14.6. The van der Waals surface area contributed by atoms with E-state index in [1.807, 2.05) is 60.4 Å². The van der Waals surface area contributed by atoms with Crippen LogP contribution in [0.1, 0.15) is 41.6 Å². The molecule has 0 bridgehead atoms. The highest BCUT2D eigenvalue weighted by Crippen LogP contribution is 2.22. The predicted molar refractivity (Wildman–Crippen MR) is 105 cm³/mol. The van der Waals surface area contributed by atoms with E-state index in [4.69, 9.17) is 16.6 Å². The van der Waals surface area contributed by atoms with Crippen LogP contribution >= 0.6 is 11.6 Å². The van der Waals surface area contributed by atoms with Crippen LogP contribution in [0.5, 0.6) is 0 Å². The molecule has 3 rings (SSSR count). The Morgan fingerprint density at radius 2 is 1.76 bits per heavy atom. The van der Waals surface area contributed by atoms with Crippen molar-refractivity contribution in [3.63, 3.8) is 0 Å². The van der Waals surface area contributed by atoms with Gasteiger partial charge in [-0.25, -0.2) is 0 Å². The molecule has 0 fully saturated rings. The summed E-state index contributed by atoms with van der Waals surface area (Å²) in [6.07, 6.45) is 4.32. The van der Waals surface area contributed by atoms with Gasteiger partial charge in [0.05, 0.1) is 6.54 Å². The van der Waals surface area contributed by atoms with Crippen LogP contribution in [0.15, 0.2) is 53.5 Å². The lowest BCUT2D eigenvalue weighted by atomic mass is 10.1. The minimum Gasteiger partial charge on any atom is -0.322 e. The fraction of sp³-hybridized carbons (Fsp3) is 0.333. The number of nitrogens with zero attached hydrogens (tertiary/aromatic N) is 2. The van der Waals surface area contributed by atoms with Crippen LogP contribution in [-0.2, 0) is 0 Å². The molecule has 130 valence electrons. The first-order chi connectivity index (χ1) is 12.1. The van der Waals surface area contributed by atoms with Crippen molar-refractivity contribution in [1.82, 2.24) is 0 Å². The van der Waals surface area contributed by atoms with Crippen LogP contribution in [0.2, 0.25) is 5.02 Å². The first-order valence-corrected chi connectivity index (χ1v) is 9.17. The Morgan fingerprint density at radius 3 is 2.48 bits per heavy atom. The van der Waals surface area contributed by atoms with E-state index < -0.39 is 0 Å². The molecule has 3 nitrogen and oxygen atoms in total. The first-order valence-electron chi connectivity index (χ1n) is 8.80. The van der Waals surface area contributed by atoms with Gasteiger partial charge >= 0.3 is 0 Å². The number of aliphatic imine (C=N–C) groups is 1. The Labute approximate surface area is 154 Å². The number of Topliss-reactive ketones (excluding diaryl/α,β-unsaturated/α-hetero) is 1. The van der Waals surface area contributed by atoms with Gasteiger partial charge < -0.3 is 4.90 Å². The molecule has 0 aromatic heterocycles. The van der Waals surface area contributed by atoms with E-state index in [9.17, 15) is 4.79 Å². The number of rotatable bonds is 4. The molecule has 2 aromatic rings. The maximum atomic E-state index is 12.8. The van der Waals surface area contributed by atoms with Crippen LogP contribution in [0, 0.1) is 6.92 Å². The van der Waals surface area contributed by atoms with Gasteiger partial charge in [-0.1, -0.05) is 47.9 Å². The molecule has 0 saturated heterocycles. The van der Waals surface area contributed by atoms with Gasteiger partial charge in [0.15, 0.2) is 5.78 Å². The molecular formula is C21H23ClN2O. The summed E-state index contributed by atoms with van der Waals surface area (Å²) < 4.78 is 0. The zero-order chi connectivity index (χ0) is 17.6. The van der Waals surface area contributed by atoms with Crippen molar-refractivity contribution in [2.24, 2.45) is 4.99 Å². The van der Waals surface area contributed by atoms with Crippen molar-refractivity contribution in [2.75, 3.05) is 18.0 Å². The Balaban J connectivity index is 1.87. The van der Waals surface area contributed by atoms with E-state index in [0.29, 0.717) is 11.6 Å². The van der Waals surface area contributed by atoms with Crippen LogP contribution in [0.25, 0.3) is 0 Å². The number of anilines is 1. The van der Waals surface area contributed by atoms with Gasteiger partial charge in [0.2, 0.25) is 0 Å². The molecule has 0 unspecified atom stereocenters. The Hall–Kier alpha value is -2.13. The largest absolute Gasteiger partial charge is 0.322 e. The Morgan fingerprint density at radius 1 is 1.04 bits per heavy atom. The zero-order valence-corrected chi connectivity index (χ0v) is 15.3. The molecule has 0 atom stereocenters. The molecule has 1 heterocycles. The number of halogens is 1. The van der Waals surface area contributed by atoms with E-state index in [0.717, 1.165) is 48.5 Å². The van der Waals surface area contributed by atoms with Gasteiger partial charge in [0.25, 0.3) is 0 Å². The van der Waals surface area contributed by atoms with E-state index in [1.54, 1.807) is 0 Å². The highest BCUT2D eigenvalue weighted by atomic mass is 35.5. The number of benzene rings is 2. The highest BCUT2D eigenvalue weighted by molar-refractivity contribution is 6.30. The molecule has 0 spiro atoms. The third kappa shape index (κ3) is 4.70. The average Bonchev–Trinajstić information content (AvgIpc) is 2.90. The van der Waals surface area contributed by atoms with Crippen LogP contribution in [-0.4, -0.2) is 24.7 Å². The standard InChI is InChI=1S/C21H23ClN2O/c1-16-6-8-17(9-7-16)20(25)15-24(19-12-10-18(22)11-13-19)21-5-3-2-4-14-23-21/h6-13H,2-5,14-15H2,1H3. The molecule has 0 N–H and O–H groups in total. The molecule has 0 saturated carbocycles. The number of ketones is 1. The van der Waals surface area contributed by atoms with Gasteiger partial charge in [-0.05, 0) is 44.0 Å². The average molecular weight is 355 g/mol. The summed E-state index contributed by atoms with van der Waals surface area (Å²) in [4.78, 5) is 19.6. The molecule has 0 amide bonds. The summed E-state index contributed by atoms with van der Waals surface area (Å²) in [7, 11) is 0. The van der Waals surface area contributed by atoms with Gasteiger partial charge in [-0.3, -0.25) is 9.79 Å². The van der Waals surface area contributed by atoms with Crippen molar-refractivity contribution in [2.45, 2.75) is 32.6 Å². The fourth-order valence-electron chi connectivity index (χ4n) is 3.01. The Bertz CT molecular complexity index is 750. The smallest absolute Gasteiger partial charge is 0.182 e. The van der Waals surface area contributed by atoms with E-state index in [-0.39, 0.29) is 5.78 Å². The molecule has 0 radical (unpaired) electrons. The second-order valence-corrected chi connectivity index (χ2v) is 6.90. The lowest BCUT2D eigenvalue weighted by Crippen LogP contribution is -2.36. The maximum Gasteiger partial charge on any atom is 0.182 e. The minimum absolute atomic E-state index is 0.0990. The molecule has 1 aliphatic heterocycles. The molecule has 0 aliphatic carbocycles. The number of carbonyl (C=O) groups is 1. The second-order valence-electron chi connectivity index (χ2n) is 6.46. The van der Waals surface area contributed by atoms with Gasteiger partial charge in [-0.2, -0.15) is 0 Å². The summed E-state index contributed by atoms with van der Waals surface area (Å²) in [6, 6.07) is 15.4. The van der Waals surface area contributed by atoms with Crippen molar-refractivity contribution < 1.29 is 4.79 Å². The van der Waals surface area contributed by atoms with E-state index in [2.05, 4.69) is 0 Å². The fourth-order valence-corrected chi connectivity index (χ4v) is 3.13. The summed E-state index contributed by atoms with van der Waals surface area (Å²) in [5.74, 6) is 1.10. The van der Waals surface area contributed by atoms with Crippen molar-refractivity contribution in [3.8, 4) is 0 Å². The molecular weight excluding hydrogens is 332 g/mol. The monoisotopic (exact) mass is 354 g/mol. The summed E-state index contributed by atoms with van der Waals surface area (Å²) in [6.45, 7) is 3.15. The third-order valence-corrected chi connectivity index (χ3v) is 4.73. The first kappa shape index (κ1) is 17.7. The minimum atomic E-state index is 0.0990. The van der Waals surface area contributed by atoms with Gasteiger partial charge in [0, 0.05) is 29.2 Å². The van der Waals surface area contributed by atoms with E-state index in [1.165, 1.54) is 6.42 Å². The zero-order valence-electron chi connectivity index (χ0n) is 14.5. The number of hydrogen-bond donors (Lipinski definition) is 0. The number of carbonyl (C=O) groups excluding carboxylic acids is 1. The van der Waals surface area contributed by atoms with Crippen molar-refractivity contribution in [1.29, 1.82) is 0 Å². The number of hydrogen-bond acceptors (Lipinski definition) is 3. The van der Waals surface area contributed by atoms with Crippen LogP contribution in [0.3, 0.4) is 0 Å². The molecule has 25 heavy (non-hydrogen) atoms. The summed E-state index contributed by atoms with van der Waals surface area (Å²) >= 11 is 6.03. The SMILES string of the molecule is Cc1ccc(C(=O)CN(C2=NCCCCC2)c2ccc(Cl)cc2)cc1. The van der Waals surface area contributed by atoms with Crippen LogP contribution < -0.4 is 4.90 Å². The van der Waals surface area contributed by atoms with Gasteiger partial charge in [0.1, 0.15) is 5.84 Å². The summed E-state index contributed by atoms with van der Waals surface area (Å²) in [5.41, 5.74) is 2.85. The molecule has 2 aromatic carbocycles. The third-order valence-electron chi connectivity index (χ3n) is 4.48. The lowest BCUT2D eigenvalue weighted by Gasteiger charge is -2.25. The topological polar surface area (TPSA) is 32.7 Å². The second kappa shape index (κ2) is 8.30. The quantitative estimate of drug-likeness (QED) is 0.697. The molecule has 4 heteroatoms. The Kier molecular flexibility index (Phi) is 5.87. The summed E-state index contributed by atoms with van der Waals surface area (Å²) in [5, 5.41) is 0.691. The van der Waals surface area contributed by atoms with E-state index >= 15 is 0 Å². The van der Waals surface area contributed by atoms with Gasteiger partial charge in [-0.15, -0.1) is 0 Å². The predicted octanol–water partition coefficient (Wildman–Crippen LogP) is 5.31. The van der Waals surface area contributed by atoms with Crippen molar-refractivity contribution >= 4 is 28.9 Å². The maximum absolute atomic E-state index is 12.8. The van der Waals surface area contributed by atoms with Crippen molar-refractivity contribution in [3.05, 3.63) is 64.7 Å². The number of amidine groups is 1. The number of aryl methyl sites for hydroxylation is 1. The molecule has 1 aliphatic rings. The highest BCUT2D eigenvalue weighted by Gasteiger charge is 2.19. The lowest BCUT2D eigenvalue weighted by molar-refractivity contribution is 0.100.